The molecule has 1 aliphatic carbocycles. The van der Waals surface area contributed by atoms with Gasteiger partial charge in [-0.2, -0.15) is 0 Å². The van der Waals surface area contributed by atoms with Crippen molar-refractivity contribution in [2.45, 2.75) is 64.1 Å². The molecule has 1 aliphatic rings. The van der Waals surface area contributed by atoms with Crippen LogP contribution in [0.4, 0.5) is 27.7 Å². The van der Waals surface area contributed by atoms with Gasteiger partial charge in [0, 0.05) is 48.4 Å². The number of non-ortho nitro benzene ring substituents is 1. The summed E-state index contributed by atoms with van der Waals surface area (Å²) in [6.45, 7) is 5.55. The number of aromatic nitrogens is 3. The Balaban J connectivity index is 1.39. The van der Waals surface area contributed by atoms with Gasteiger partial charge in [-0.1, -0.05) is 0 Å². The van der Waals surface area contributed by atoms with Crippen molar-refractivity contribution in [1.29, 1.82) is 0 Å². The van der Waals surface area contributed by atoms with Gasteiger partial charge in [-0.25, -0.2) is 14.3 Å². The number of carbonyl (C=O) groups is 1. The van der Waals surface area contributed by atoms with Crippen molar-refractivity contribution in [3.05, 3.63) is 52.8 Å². The molecule has 11 heteroatoms. The summed E-state index contributed by atoms with van der Waals surface area (Å²) in [4.78, 5) is 26.9. The maximum atomic E-state index is 12.0. The zero-order valence-corrected chi connectivity index (χ0v) is 19.4. The number of anilines is 3. The van der Waals surface area contributed by atoms with E-state index < -0.39 is 10.5 Å². The topological polar surface area (TPSA) is 136 Å². The van der Waals surface area contributed by atoms with Gasteiger partial charge in [0.05, 0.1) is 10.6 Å². The average molecular weight is 468 g/mol. The number of alkyl carbamates (subject to hydrolysis) is 1. The van der Waals surface area contributed by atoms with Crippen LogP contribution in [-0.4, -0.2) is 43.3 Å². The molecule has 2 aromatic heterocycles. The van der Waals surface area contributed by atoms with E-state index in [-0.39, 0.29) is 23.9 Å². The first kappa shape index (κ1) is 23.3. The number of nitro groups is 1. The first-order valence-corrected chi connectivity index (χ1v) is 11.3. The summed E-state index contributed by atoms with van der Waals surface area (Å²) in [5.41, 5.74) is 1.61. The molecule has 4 rings (SSSR count). The van der Waals surface area contributed by atoms with Crippen LogP contribution >= 0.6 is 0 Å². The fraction of sp³-hybridized carbons (Fsp3) is 0.435. The molecule has 2 heterocycles. The molecule has 0 spiro atoms. The highest BCUT2D eigenvalue weighted by Crippen LogP contribution is 2.27. The Kier molecular flexibility index (Phi) is 6.53. The van der Waals surface area contributed by atoms with E-state index in [0.717, 1.165) is 31.4 Å². The molecule has 0 aliphatic heterocycles. The van der Waals surface area contributed by atoms with Crippen LogP contribution in [-0.2, 0) is 4.74 Å². The molecule has 1 aromatic carbocycles. The molecule has 1 saturated carbocycles. The van der Waals surface area contributed by atoms with Crippen molar-refractivity contribution < 1.29 is 14.5 Å². The molecule has 0 unspecified atom stereocenters. The molecular formula is C23H29N7O4. The predicted molar refractivity (Wildman–Crippen MR) is 128 cm³/mol. The fourth-order valence-corrected chi connectivity index (χ4v) is 3.97. The third-order valence-electron chi connectivity index (χ3n) is 5.52. The molecule has 34 heavy (non-hydrogen) atoms. The molecule has 0 radical (unpaired) electrons. The quantitative estimate of drug-likeness (QED) is 0.353. The molecule has 11 nitrogen and oxygen atoms in total. The number of nitrogens with one attached hydrogen (secondary N) is 3. The number of nitrogens with zero attached hydrogens (tertiary/aromatic N) is 4. The minimum atomic E-state index is -0.513. The van der Waals surface area contributed by atoms with Crippen molar-refractivity contribution in [2.24, 2.45) is 0 Å². The van der Waals surface area contributed by atoms with Crippen LogP contribution in [0.1, 0.15) is 46.5 Å². The lowest BCUT2D eigenvalue weighted by atomic mass is 9.91. The number of hydrogen-bond acceptors (Lipinski definition) is 8. The highest BCUT2D eigenvalue weighted by molar-refractivity contribution is 5.76. The molecule has 0 bridgehead atoms. The minimum Gasteiger partial charge on any atom is -0.444 e. The zero-order chi connectivity index (χ0) is 24.3. The van der Waals surface area contributed by atoms with Crippen molar-refractivity contribution in [1.82, 2.24) is 19.9 Å². The highest BCUT2D eigenvalue weighted by Gasteiger charge is 2.25. The molecule has 3 aromatic rings. The Bertz CT molecular complexity index is 1160. The molecule has 0 saturated heterocycles. The first-order chi connectivity index (χ1) is 16.2. The van der Waals surface area contributed by atoms with Crippen LogP contribution in [0.25, 0.3) is 5.65 Å². The SMILES string of the molecule is CC(C)(C)OC(=O)NC1CCC(Nc2cc(Nc3ccc([N+](=O)[O-])cc3)c3nccn3n2)CC1. The van der Waals surface area contributed by atoms with E-state index in [1.807, 2.05) is 26.8 Å². The van der Waals surface area contributed by atoms with Crippen LogP contribution in [0.3, 0.4) is 0 Å². The van der Waals surface area contributed by atoms with Gasteiger partial charge in [0.15, 0.2) is 5.65 Å². The molecule has 3 N–H and O–H groups in total. The number of fused-ring (bicyclic) bond motifs is 1. The molecule has 0 atom stereocenters. The second kappa shape index (κ2) is 9.54. The fourth-order valence-electron chi connectivity index (χ4n) is 3.97. The average Bonchev–Trinajstić information content (AvgIpc) is 3.23. The van der Waals surface area contributed by atoms with Gasteiger partial charge in [-0.15, -0.1) is 5.10 Å². The Labute approximate surface area is 197 Å². The van der Waals surface area contributed by atoms with Gasteiger partial charge in [0.2, 0.25) is 0 Å². The maximum Gasteiger partial charge on any atom is 0.407 e. The number of nitro benzene ring substituents is 1. The van der Waals surface area contributed by atoms with Crippen LogP contribution in [0, 0.1) is 10.1 Å². The summed E-state index contributed by atoms with van der Waals surface area (Å²) in [5.74, 6) is 0.693. The molecule has 1 amide bonds. The van der Waals surface area contributed by atoms with E-state index >= 15 is 0 Å². The van der Waals surface area contributed by atoms with E-state index in [1.54, 1.807) is 29.0 Å². The Morgan fingerprint density at radius 3 is 2.47 bits per heavy atom. The van der Waals surface area contributed by atoms with Crippen molar-refractivity contribution in [3.8, 4) is 0 Å². The highest BCUT2D eigenvalue weighted by atomic mass is 16.6. The summed E-state index contributed by atoms with van der Waals surface area (Å²) in [7, 11) is 0. The lowest BCUT2D eigenvalue weighted by molar-refractivity contribution is -0.384. The van der Waals surface area contributed by atoms with E-state index in [2.05, 4.69) is 26.0 Å². The Hall–Kier alpha value is -3.89. The van der Waals surface area contributed by atoms with Gasteiger partial charge < -0.3 is 20.7 Å². The lowest BCUT2D eigenvalue weighted by Gasteiger charge is -2.30. The van der Waals surface area contributed by atoms with Crippen LogP contribution in [0.15, 0.2) is 42.7 Å². The zero-order valence-electron chi connectivity index (χ0n) is 19.4. The van der Waals surface area contributed by atoms with Crippen LogP contribution < -0.4 is 16.0 Å². The molecule has 1 fully saturated rings. The summed E-state index contributed by atoms with van der Waals surface area (Å²) in [6, 6.07) is 8.42. The largest absolute Gasteiger partial charge is 0.444 e. The molecule has 180 valence electrons. The summed E-state index contributed by atoms with van der Waals surface area (Å²) in [5, 5.41) is 25.2. The predicted octanol–water partition coefficient (Wildman–Crippen LogP) is 4.63. The summed E-state index contributed by atoms with van der Waals surface area (Å²) in [6.07, 6.45) is 6.52. The number of hydrogen-bond donors (Lipinski definition) is 3. The smallest absolute Gasteiger partial charge is 0.407 e. The van der Waals surface area contributed by atoms with Gasteiger partial charge in [-0.05, 0) is 58.6 Å². The number of imidazole rings is 1. The first-order valence-electron chi connectivity index (χ1n) is 11.3. The van der Waals surface area contributed by atoms with E-state index in [0.29, 0.717) is 17.2 Å². The van der Waals surface area contributed by atoms with Gasteiger partial charge >= 0.3 is 6.09 Å². The van der Waals surface area contributed by atoms with E-state index in [9.17, 15) is 14.9 Å². The maximum absolute atomic E-state index is 12.0. The van der Waals surface area contributed by atoms with E-state index in [4.69, 9.17) is 4.74 Å². The second-order valence-corrected chi connectivity index (χ2v) is 9.41. The van der Waals surface area contributed by atoms with Gasteiger partial charge in [0.25, 0.3) is 5.69 Å². The summed E-state index contributed by atoms with van der Waals surface area (Å²) >= 11 is 0. The number of carbonyl (C=O) groups excluding carboxylic acids is 1. The monoisotopic (exact) mass is 467 g/mol. The molecular weight excluding hydrogens is 438 g/mol. The number of amides is 1. The number of ether oxygens (including phenoxy) is 1. The minimum absolute atomic E-state index is 0.0327. The Morgan fingerprint density at radius 1 is 1.15 bits per heavy atom. The standard InChI is InChI=1S/C23H29N7O4/c1-23(2,3)34-22(31)27-17-6-4-16(5-7-17)26-20-14-19(21-24-12-13-29(21)28-20)25-15-8-10-18(11-9-15)30(32)33/h8-14,16-17,25H,4-7H2,1-3H3,(H,26,28)(H,27,31). The third kappa shape index (κ3) is 5.91. The second-order valence-electron chi connectivity index (χ2n) is 9.41. The Morgan fingerprint density at radius 2 is 1.82 bits per heavy atom. The van der Waals surface area contributed by atoms with Crippen LogP contribution in [0.2, 0.25) is 0 Å². The number of rotatable bonds is 6. The normalized spacial score (nSPS) is 18.3. The summed E-state index contributed by atoms with van der Waals surface area (Å²) < 4.78 is 7.04. The van der Waals surface area contributed by atoms with E-state index in [1.165, 1.54) is 12.1 Å². The van der Waals surface area contributed by atoms with Gasteiger partial charge in [-0.3, -0.25) is 10.1 Å². The third-order valence-corrected chi connectivity index (χ3v) is 5.52. The van der Waals surface area contributed by atoms with Crippen molar-refractivity contribution >= 4 is 34.6 Å². The van der Waals surface area contributed by atoms with Crippen molar-refractivity contribution in [2.75, 3.05) is 10.6 Å². The number of benzene rings is 1. The lowest BCUT2D eigenvalue weighted by Crippen LogP contribution is -2.42. The van der Waals surface area contributed by atoms with Gasteiger partial charge in [0.1, 0.15) is 11.4 Å². The van der Waals surface area contributed by atoms with Crippen LogP contribution in [0.5, 0.6) is 0 Å². The van der Waals surface area contributed by atoms with Crippen molar-refractivity contribution in [3.63, 3.8) is 0 Å².